The number of anilines is 1. The smallest absolute Gasteiger partial charge is 0.342 e. The fourth-order valence-electron chi connectivity index (χ4n) is 1.66. The van der Waals surface area contributed by atoms with Crippen molar-refractivity contribution in [1.29, 1.82) is 0 Å². The molecule has 2 rings (SSSR count). The highest BCUT2D eigenvalue weighted by atomic mass is 79.9. The summed E-state index contributed by atoms with van der Waals surface area (Å²) in [5.41, 5.74) is -0.847. The number of hydrogen-bond acceptors (Lipinski definition) is 3. The molecule has 1 aromatic carbocycles. The summed E-state index contributed by atoms with van der Waals surface area (Å²) >= 11 is 4.42. The molecule has 0 saturated heterocycles. The molecule has 0 aliphatic rings. The maximum Gasteiger partial charge on any atom is 0.416 e. The van der Waals surface area contributed by atoms with E-state index in [1.165, 1.54) is 23.5 Å². The summed E-state index contributed by atoms with van der Waals surface area (Å²) in [6, 6.07) is 7.56. The maximum absolute atomic E-state index is 12.6. The van der Waals surface area contributed by atoms with Gasteiger partial charge in [-0.25, -0.2) is 0 Å². The van der Waals surface area contributed by atoms with Crippen LogP contribution in [0, 0.1) is 0 Å². The zero-order valence-corrected chi connectivity index (χ0v) is 13.8. The van der Waals surface area contributed by atoms with Gasteiger partial charge in [-0.2, -0.15) is 13.2 Å². The number of carbonyl (C=O) groups is 2. The Labute approximate surface area is 141 Å². The second-order valence-electron chi connectivity index (χ2n) is 4.41. The van der Waals surface area contributed by atoms with E-state index in [1.54, 1.807) is 12.1 Å². The van der Waals surface area contributed by atoms with Crippen molar-refractivity contribution in [3.8, 4) is 0 Å². The molecule has 2 amide bonds. The number of benzene rings is 1. The van der Waals surface area contributed by atoms with Gasteiger partial charge in [0.05, 0.1) is 20.8 Å². The Morgan fingerprint density at radius 2 is 1.91 bits per heavy atom. The molecule has 0 spiro atoms. The van der Waals surface area contributed by atoms with Crippen molar-refractivity contribution in [2.45, 2.75) is 6.18 Å². The summed E-state index contributed by atoms with van der Waals surface area (Å²) in [4.78, 5) is 23.9. The quantitative estimate of drug-likeness (QED) is 0.808. The van der Waals surface area contributed by atoms with Gasteiger partial charge >= 0.3 is 6.18 Å². The van der Waals surface area contributed by atoms with Crippen LogP contribution in [0.25, 0.3) is 0 Å². The molecule has 0 saturated carbocycles. The van der Waals surface area contributed by atoms with Crippen LogP contribution in [-0.4, -0.2) is 18.4 Å². The van der Waals surface area contributed by atoms with Gasteiger partial charge < -0.3 is 10.6 Å². The lowest BCUT2D eigenvalue weighted by molar-refractivity contribution is -0.137. The number of thiophene rings is 1. The normalized spacial score (nSPS) is 11.1. The second kappa shape index (κ2) is 7.14. The number of hydrogen-bond donors (Lipinski definition) is 2. The van der Waals surface area contributed by atoms with Gasteiger partial charge in [0.2, 0.25) is 5.91 Å². The molecule has 23 heavy (non-hydrogen) atoms. The van der Waals surface area contributed by atoms with E-state index in [2.05, 4.69) is 26.6 Å². The summed E-state index contributed by atoms with van der Waals surface area (Å²) in [5.74, 6) is -1.05. The van der Waals surface area contributed by atoms with Gasteiger partial charge in [0, 0.05) is 5.69 Å². The minimum Gasteiger partial charge on any atom is -0.342 e. The first-order chi connectivity index (χ1) is 10.8. The summed E-state index contributed by atoms with van der Waals surface area (Å²) < 4.78 is 38.5. The van der Waals surface area contributed by atoms with Crippen molar-refractivity contribution in [3.05, 3.63) is 50.6 Å². The second-order valence-corrected chi connectivity index (χ2v) is 6.88. The van der Waals surface area contributed by atoms with Crippen LogP contribution in [-0.2, 0) is 11.0 Å². The minimum absolute atomic E-state index is 0.0120. The molecular formula is C14H10BrF3N2O2S. The Bertz CT molecular complexity index is 731. The largest absolute Gasteiger partial charge is 0.416 e. The molecule has 0 aliphatic carbocycles. The van der Waals surface area contributed by atoms with Crippen LogP contribution in [0.2, 0.25) is 0 Å². The molecule has 0 unspecified atom stereocenters. The number of rotatable bonds is 4. The number of alkyl halides is 3. The summed E-state index contributed by atoms with van der Waals surface area (Å²) in [5, 5.41) is 4.70. The Hall–Kier alpha value is -1.87. The van der Waals surface area contributed by atoms with Crippen LogP contribution < -0.4 is 10.6 Å². The first-order valence-electron chi connectivity index (χ1n) is 6.26. The van der Waals surface area contributed by atoms with Gasteiger partial charge in [-0.3, -0.25) is 9.59 Å². The zero-order chi connectivity index (χ0) is 17.0. The first-order valence-corrected chi connectivity index (χ1v) is 7.87. The van der Waals surface area contributed by atoms with Gasteiger partial charge in [-0.05, 0) is 46.3 Å². The van der Waals surface area contributed by atoms with Crippen molar-refractivity contribution in [3.63, 3.8) is 0 Å². The van der Waals surface area contributed by atoms with Crippen molar-refractivity contribution in [1.82, 2.24) is 5.32 Å². The van der Waals surface area contributed by atoms with Gasteiger partial charge in [0.25, 0.3) is 5.91 Å². The first kappa shape index (κ1) is 17.5. The third-order valence-electron chi connectivity index (χ3n) is 2.68. The van der Waals surface area contributed by atoms with E-state index in [0.29, 0.717) is 4.88 Å². The monoisotopic (exact) mass is 406 g/mol. The summed E-state index contributed by atoms with van der Waals surface area (Å²) in [6.07, 6.45) is -4.48. The third-order valence-corrected chi connectivity index (χ3v) is 4.30. The molecule has 0 aliphatic heterocycles. The fraction of sp³-hybridized carbons (Fsp3) is 0.143. The Balaban J connectivity index is 1.91. The Kier molecular flexibility index (Phi) is 5.42. The number of halogens is 4. The minimum atomic E-state index is -4.48. The molecule has 4 nitrogen and oxygen atoms in total. The molecule has 1 heterocycles. The van der Waals surface area contributed by atoms with E-state index in [9.17, 15) is 22.8 Å². The van der Waals surface area contributed by atoms with Crippen LogP contribution in [0.1, 0.15) is 15.2 Å². The van der Waals surface area contributed by atoms with Crippen LogP contribution >= 0.6 is 27.3 Å². The Morgan fingerprint density at radius 3 is 2.52 bits per heavy atom. The molecule has 1 aromatic heterocycles. The molecule has 2 aromatic rings. The van der Waals surface area contributed by atoms with E-state index in [1.807, 2.05) is 0 Å². The predicted octanol–water partition coefficient (Wildman–Crippen LogP) is 3.90. The SMILES string of the molecule is O=C(CNC(=O)c1ccc(Br)s1)Nc1cccc(C(F)(F)F)c1. The van der Waals surface area contributed by atoms with E-state index >= 15 is 0 Å². The summed E-state index contributed by atoms with van der Waals surface area (Å²) in [7, 11) is 0. The topological polar surface area (TPSA) is 58.2 Å². The highest BCUT2D eigenvalue weighted by Crippen LogP contribution is 2.30. The van der Waals surface area contributed by atoms with E-state index in [0.717, 1.165) is 15.9 Å². The molecule has 122 valence electrons. The lowest BCUT2D eigenvalue weighted by atomic mass is 10.2. The lowest BCUT2D eigenvalue weighted by Gasteiger charge is -2.10. The highest BCUT2D eigenvalue weighted by molar-refractivity contribution is 9.11. The summed E-state index contributed by atoms with van der Waals surface area (Å²) in [6.45, 7) is -0.343. The lowest BCUT2D eigenvalue weighted by Crippen LogP contribution is -2.32. The van der Waals surface area contributed by atoms with Crippen molar-refractivity contribution >= 4 is 44.8 Å². The van der Waals surface area contributed by atoms with E-state index in [4.69, 9.17) is 0 Å². The molecule has 0 radical (unpaired) electrons. The van der Waals surface area contributed by atoms with E-state index in [-0.39, 0.29) is 12.2 Å². The fourth-order valence-corrected chi connectivity index (χ4v) is 2.96. The van der Waals surface area contributed by atoms with Crippen LogP contribution in [0.15, 0.2) is 40.2 Å². The molecule has 0 fully saturated rings. The van der Waals surface area contributed by atoms with Gasteiger partial charge in [0.1, 0.15) is 0 Å². The predicted molar refractivity (Wildman–Crippen MR) is 84.4 cm³/mol. The van der Waals surface area contributed by atoms with Crippen molar-refractivity contribution in [2.24, 2.45) is 0 Å². The van der Waals surface area contributed by atoms with Gasteiger partial charge in [-0.1, -0.05) is 6.07 Å². The van der Waals surface area contributed by atoms with E-state index < -0.39 is 23.6 Å². The van der Waals surface area contributed by atoms with Crippen LogP contribution in [0.4, 0.5) is 18.9 Å². The van der Waals surface area contributed by atoms with Crippen LogP contribution in [0.3, 0.4) is 0 Å². The molecule has 2 N–H and O–H groups in total. The van der Waals surface area contributed by atoms with Crippen LogP contribution in [0.5, 0.6) is 0 Å². The molecule has 9 heteroatoms. The average Bonchev–Trinajstić information content (AvgIpc) is 2.91. The zero-order valence-electron chi connectivity index (χ0n) is 11.4. The number of carbonyl (C=O) groups excluding carboxylic acids is 2. The molecule has 0 bridgehead atoms. The third kappa shape index (κ3) is 5.07. The number of amides is 2. The molecule has 0 atom stereocenters. The number of nitrogens with one attached hydrogen (secondary N) is 2. The highest BCUT2D eigenvalue weighted by Gasteiger charge is 2.30. The van der Waals surface area contributed by atoms with Crippen molar-refractivity contribution in [2.75, 3.05) is 11.9 Å². The maximum atomic E-state index is 12.6. The standard InChI is InChI=1S/C14H10BrF3N2O2S/c15-11-5-4-10(23-11)13(22)19-7-12(21)20-9-3-1-2-8(6-9)14(16,17)18/h1-6H,7H2,(H,19,22)(H,20,21). The Morgan fingerprint density at radius 1 is 1.17 bits per heavy atom. The average molecular weight is 407 g/mol. The van der Waals surface area contributed by atoms with Gasteiger partial charge in [0.15, 0.2) is 0 Å². The van der Waals surface area contributed by atoms with Crippen molar-refractivity contribution < 1.29 is 22.8 Å². The van der Waals surface area contributed by atoms with Gasteiger partial charge in [-0.15, -0.1) is 11.3 Å². The molecular weight excluding hydrogens is 397 g/mol.